The van der Waals surface area contributed by atoms with Crippen molar-refractivity contribution in [3.8, 4) is 11.1 Å². The molecule has 1 amide bonds. The quantitative estimate of drug-likeness (QED) is 0.194. The standard InChI is InChI=1S/C34H48N2O3S/c1-24(2)11-10-15-28(21-26-13-6-5-7-14-26)35-23-27-17-18-30(31(22-27)29-16-9-8-12-25(29)3)33(37)36-32(34(38)39)19-20-40-4/h8-10,12,15-18,22,24,26,28,32,35H,5-7,11,13-14,19-21,23H2,1-4H3,(H,36,37)(H,38,39)/b15-10+. The van der Waals surface area contributed by atoms with Gasteiger partial charge in [0, 0.05) is 18.2 Å². The number of rotatable bonds is 15. The lowest BCUT2D eigenvalue weighted by Gasteiger charge is -2.26. The molecular formula is C34H48N2O3S. The van der Waals surface area contributed by atoms with Crippen molar-refractivity contribution in [3.63, 3.8) is 0 Å². The van der Waals surface area contributed by atoms with E-state index in [1.165, 1.54) is 32.1 Å². The third kappa shape index (κ3) is 10.1. The highest BCUT2D eigenvalue weighted by Gasteiger charge is 2.23. The van der Waals surface area contributed by atoms with Crippen LogP contribution in [0.5, 0.6) is 0 Å². The number of aliphatic carboxylic acids is 1. The predicted molar refractivity (Wildman–Crippen MR) is 169 cm³/mol. The van der Waals surface area contributed by atoms with Crippen LogP contribution in [0.3, 0.4) is 0 Å². The number of aryl methyl sites for hydroxylation is 1. The number of hydrogen-bond acceptors (Lipinski definition) is 4. The summed E-state index contributed by atoms with van der Waals surface area (Å²) in [5.41, 5.74) is 4.51. The van der Waals surface area contributed by atoms with Crippen LogP contribution in [-0.4, -0.2) is 41.1 Å². The fourth-order valence-electron chi connectivity index (χ4n) is 5.50. The average molecular weight is 565 g/mol. The summed E-state index contributed by atoms with van der Waals surface area (Å²) in [4.78, 5) is 25.2. The molecule has 0 aromatic heterocycles. The van der Waals surface area contributed by atoms with E-state index >= 15 is 0 Å². The van der Waals surface area contributed by atoms with Crippen LogP contribution in [0.4, 0.5) is 0 Å². The molecule has 1 saturated carbocycles. The number of hydrogen-bond donors (Lipinski definition) is 3. The zero-order valence-electron chi connectivity index (χ0n) is 24.7. The Morgan fingerprint density at radius 2 is 1.82 bits per heavy atom. The third-order valence-corrected chi connectivity index (χ3v) is 8.48. The van der Waals surface area contributed by atoms with Crippen molar-refractivity contribution in [3.05, 3.63) is 71.3 Å². The minimum absolute atomic E-state index is 0.319. The average Bonchev–Trinajstić information content (AvgIpc) is 2.94. The van der Waals surface area contributed by atoms with Crippen molar-refractivity contribution in [1.82, 2.24) is 10.6 Å². The topological polar surface area (TPSA) is 78.4 Å². The van der Waals surface area contributed by atoms with Gasteiger partial charge in [0.2, 0.25) is 0 Å². The Labute approximate surface area is 245 Å². The monoisotopic (exact) mass is 564 g/mol. The van der Waals surface area contributed by atoms with E-state index in [-0.39, 0.29) is 5.91 Å². The van der Waals surface area contributed by atoms with Gasteiger partial charge in [0.1, 0.15) is 6.04 Å². The maximum atomic E-state index is 13.4. The van der Waals surface area contributed by atoms with E-state index in [1.807, 2.05) is 49.6 Å². The lowest BCUT2D eigenvalue weighted by molar-refractivity contribution is -0.139. The number of carbonyl (C=O) groups excluding carboxylic acids is 1. The summed E-state index contributed by atoms with van der Waals surface area (Å²) >= 11 is 1.57. The maximum absolute atomic E-state index is 13.4. The number of carboxylic acid groups (broad SMARTS) is 1. The summed E-state index contributed by atoms with van der Waals surface area (Å²) in [5.74, 6) is 0.730. The largest absolute Gasteiger partial charge is 0.480 e. The molecule has 40 heavy (non-hydrogen) atoms. The Hall–Kier alpha value is -2.57. The van der Waals surface area contributed by atoms with Crippen LogP contribution in [0.25, 0.3) is 11.1 Å². The van der Waals surface area contributed by atoms with Gasteiger partial charge < -0.3 is 15.7 Å². The molecule has 0 bridgehead atoms. The Balaban J connectivity index is 1.84. The number of carboxylic acids is 1. The van der Waals surface area contributed by atoms with Crippen molar-refractivity contribution in [2.45, 2.75) is 90.8 Å². The van der Waals surface area contributed by atoms with Gasteiger partial charge >= 0.3 is 5.97 Å². The molecule has 2 unspecified atom stereocenters. The van der Waals surface area contributed by atoms with Crippen LogP contribution in [0.2, 0.25) is 0 Å². The second kappa shape index (κ2) is 16.6. The van der Waals surface area contributed by atoms with Gasteiger partial charge in [-0.3, -0.25) is 4.79 Å². The fraction of sp³-hybridized carbons (Fsp3) is 0.529. The molecule has 2 atom stereocenters. The minimum Gasteiger partial charge on any atom is -0.480 e. The van der Waals surface area contributed by atoms with Crippen molar-refractivity contribution in [2.24, 2.45) is 11.8 Å². The van der Waals surface area contributed by atoms with Crippen LogP contribution in [-0.2, 0) is 11.3 Å². The number of carbonyl (C=O) groups is 2. The molecule has 1 aliphatic carbocycles. The molecule has 6 heteroatoms. The highest BCUT2D eigenvalue weighted by Crippen LogP contribution is 2.30. The van der Waals surface area contributed by atoms with E-state index in [0.29, 0.717) is 36.2 Å². The molecule has 3 rings (SSSR count). The van der Waals surface area contributed by atoms with Gasteiger partial charge in [0.25, 0.3) is 5.91 Å². The summed E-state index contributed by atoms with van der Waals surface area (Å²) in [7, 11) is 0. The molecule has 1 fully saturated rings. The Morgan fingerprint density at radius 1 is 1.07 bits per heavy atom. The van der Waals surface area contributed by atoms with Crippen molar-refractivity contribution < 1.29 is 14.7 Å². The second-order valence-electron chi connectivity index (χ2n) is 11.6. The summed E-state index contributed by atoms with van der Waals surface area (Å²) < 4.78 is 0. The summed E-state index contributed by atoms with van der Waals surface area (Å²) in [5, 5.41) is 16.2. The fourth-order valence-corrected chi connectivity index (χ4v) is 5.97. The van der Waals surface area contributed by atoms with Crippen LogP contribution >= 0.6 is 11.8 Å². The van der Waals surface area contributed by atoms with Crippen LogP contribution in [0.1, 0.15) is 86.7 Å². The summed E-state index contributed by atoms with van der Waals surface area (Å²) in [6, 6.07) is 13.4. The van der Waals surface area contributed by atoms with E-state index in [0.717, 1.165) is 41.0 Å². The van der Waals surface area contributed by atoms with Gasteiger partial charge in [-0.2, -0.15) is 11.8 Å². The van der Waals surface area contributed by atoms with Crippen molar-refractivity contribution in [1.29, 1.82) is 0 Å². The van der Waals surface area contributed by atoms with Gasteiger partial charge in [-0.25, -0.2) is 4.79 Å². The summed E-state index contributed by atoms with van der Waals surface area (Å²) in [6.07, 6.45) is 16.0. The molecule has 0 heterocycles. The Kier molecular flexibility index (Phi) is 13.3. The molecule has 5 nitrogen and oxygen atoms in total. The number of allylic oxidation sites excluding steroid dienone is 1. The first-order valence-electron chi connectivity index (χ1n) is 14.9. The molecule has 2 aromatic carbocycles. The molecule has 0 saturated heterocycles. The highest BCUT2D eigenvalue weighted by molar-refractivity contribution is 7.98. The number of thioether (sulfide) groups is 1. The van der Waals surface area contributed by atoms with E-state index in [2.05, 4.69) is 42.7 Å². The predicted octanol–water partition coefficient (Wildman–Crippen LogP) is 7.63. The summed E-state index contributed by atoms with van der Waals surface area (Å²) in [6.45, 7) is 7.25. The Morgan fingerprint density at radius 3 is 2.50 bits per heavy atom. The van der Waals surface area contributed by atoms with E-state index in [1.54, 1.807) is 11.8 Å². The van der Waals surface area contributed by atoms with Gasteiger partial charge in [-0.05, 0) is 84.4 Å². The molecule has 0 aliphatic heterocycles. The number of amides is 1. The van der Waals surface area contributed by atoms with E-state index < -0.39 is 12.0 Å². The van der Waals surface area contributed by atoms with Crippen LogP contribution < -0.4 is 10.6 Å². The molecule has 0 radical (unpaired) electrons. The smallest absolute Gasteiger partial charge is 0.326 e. The lowest BCUT2D eigenvalue weighted by atomic mass is 9.84. The first-order chi connectivity index (χ1) is 19.3. The molecule has 1 aliphatic rings. The number of nitrogens with one attached hydrogen (secondary N) is 2. The first-order valence-corrected chi connectivity index (χ1v) is 16.3. The maximum Gasteiger partial charge on any atom is 0.326 e. The third-order valence-electron chi connectivity index (χ3n) is 7.83. The van der Waals surface area contributed by atoms with Gasteiger partial charge in [0.05, 0.1) is 0 Å². The van der Waals surface area contributed by atoms with Gasteiger partial charge in [-0.1, -0.05) is 88.4 Å². The highest BCUT2D eigenvalue weighted by atomic mass is 32.2. The van der Waals surface area contributed by atoms with E-state index in [9.17, 15) is 14.7 Å². The first kappa shape index (κ1) is 32.0. The molecule has 218 valence electrons. The minimum atomic E-state index is -1.00. The van der Waals surface area contributed by atoms with Crippen LogP contribution in [0.15, 0.2) is 54.6 Å². The molecule has 0 spiro atoms. The molecule has 3 N–H and O–H groups in total. The lowest BCUT2D eigenvalue weighted by Crippen LogP contribution is -2.41. The normalized spacial score (nSPS) is 15.8. The van der Waals surface area contributed by atoms with Crippen LogP contribution in [0, 0.1) is 18.8 Å². The zero-order valence-corrected chi connectivity index (χ0v) is 25.6. The van der Waals surface area contributed by atoms with Crippen molar-refractivity contribution >= 4 is 23.6 Å². The molecular weight excluding hydrogens is 516 g/mol. The van der Waals surface area contributed by atoms with Crippen molar-refractivity contribution in [2.75, 3.05) is 12.0 Å². The van der Waals surface area contributed by atoms with Gasteiger partial charge in [-0.15, -0.1) is 0 Å². The van der Waals surface area contributed by atoms with E-state index in [4.69, 9.17) is 0 Å². The SMILES string of the molecule is CSCCC(NC(=O)c1ccc(CNC(/C=C/CC(C)C)CC2CCCCC2)cc1-c1ccccc1C)C(=O)O. The molecule has 2 aromatic rings. The Bertz CT molecular complexity index is 1120. The number of benzene rings is 2. The second-order valence-corrected chi connectivity index (χ2v) is 12.6. The zero-order chi connectivity index (χ0) is 28.9. The van der Waals surface area contributed by atoms with Gasteiger partial charge in [0.15, 0.2) is 0 Å².